The topological polar surface area (TPSA) is 12.9 Å². The van der Waals surface area contributed by atoms with E-state index in [0.717, 1.165) is 25.0 Å². The van der Waals surface area contributed by atoms with Crippen molar-refractivity contribution in [2.24, 2.45) is 5.92 Å². The van der Waals surface area contributed by atoms with Crippen LogP contribution in [-0.4, -0.2) is 4.98 Å². The summed E-state index contributed by atoms with van der Waals surface area (Å²) in [4.78, 5) is 8.27. The average Bonchev–Trinajstić information content (AvgIpc) is 3.06. The van der Waals surface area contributed by atoms with Gasteiger partial charge in [-0.25, -0.2) is 4.98 Å². The second kappa shape index (κ2) is 8.09. The molecule has 0 atom stereocenters. The van der Waals surface area contributed by atoms with Crippen LogP contribution >= 0.6 is 34.3 Å². The molecule has 0 radical (unpaired) electrons. The fourth-order valence-electron chi connectivity index (χ4n) is 2.23. The Kier molecular flexibility index (Phi) is 6.42. The third-order valence-corrected chi connectivity index (χ3v) is 5.58. The van der Waals surface area contributed by atoms with E-state index < -0.39 is 0 Å². The number of thiazole rings is 1. The first kappa shape index (κ1) is 17.5. The Morgan fingerprint density at radius 1 is 1.36 bits per heavy atom. The van der Waals surface area contributed by atoms with Crippen molar-refractivity contribution in [3.8, 4) is 10.6 Å². The minimum Gasteiger partial charge on any atom is -0.224 e. The third-order valence-electron chi connectivity index (χ3n) is 3.26. The highest BCUT2D eigenvalue weighted by Crippen LogP contribution is 2.38. The maximum atomic E-state index is 6.15. The van der Waals surface area contributed by atoms with Crippen LogP contribution in [0, 0.1) is 5.92 Å². The fourth-order valence-corrected chi connectivity index (χ4v) is 4.73. The van der Waals surface area contributed by atoms with Crippen molar-refractivity contribution in [1.82, 2.24) is 4.98 Å². The highest BCUT2D eigenvalue weighted by molar-refractivity contribution is 7.18. The molecular formula is C18H22ClNS2. The Hall–Kier alpha value is -0.900. The van der Waals surface area contributed by atoms with Gasteiger partial charge < -0.3 is 0 Å². The lowest BCUT2D eigenvalue weighted by atomic mass is 10.1. The summed E-state index contributed by atoms with van der Waals surface area (Å²) in [6.07, 6.45) is 7.44. The molecule has 0 aliphatic heterocycles. The van der Waals surface area contributed by atoms with Crippen LogP contribution in [0.25, 0.3) is 16.1 Å². The SMILES string of the molecule is C=C/C(=C\CCC)c1ccc(-c2nc(Cl)sc2CC(C)C)s1. The van der Waals surface area contributed by atoms with E-state index in [2.05, 4.69) is 50.5 Å². The molecule has 0 N–H and O–H groups in total. The molecule has 1 nitrogen and oxygen atoms in total. The predicted molar refractivity (Wildman–Crippen MR) is 102 cm³/mol. The van der Waals surface area contributed by atoms with Gasteiger partial charge in [0, 0.05) is 9.75 Å². The third kappa shape index (κ3) is 4.31. The molecule has 0 bridgehead atoms. The van der Waals surface area contributed by atoms with E-state index in [4.69, 9.17) is 11.6 Å². The average molecular weight is 352 g/mol. The minimum absolute atomic E-state index is 0.600. The molecule has 0 saturated heterocycles. The number of thiophene rings is 1. The van der Waals surface area contributed by atoms with Crippen LogP contribution in [0.2, 0.25) is 4.47 Å². The largest absolute Gasteiger partial charge is 0.224 e. The van der Waals surface area contributed by atoms with E-state index in [-0.39, 0.29) is 0 Å². The predicted octanol–water partition coefficient (Wildman–Crippen LogP) is 7.09. The minimum atomic E-state index is 0.600. The standard InChI is InChI=1S/C18H22ClNS2/c1-5-7-8-13(6-2)14-9-10-15(21-14)17-16(11-12(3)4)22-18(19)20-17/h6,8-10,12H,2,5,7,11H2,1,3-4H3/b13-8+. The van der Waals surface area contributed by atoms with Crippen molar-refractivity contribution in [2.75, 3.05) is 0 Å². The molecule has 22 heavy (non-hydrogen) atoms. The summed E-state index contributed by atoms with van der Waals surface area (Å²) in [5.41, 5.74) is 2.27. The number of allylic oxidation sites excluding steroid dienone is 3. The number of nitrogens with zero attached hydrogens (tertiary/aromatic N) is 1. The van der Waals surface area contributed by atoms with Gasteiger partial charge in [-0.15, -0.1) is 22.7 Å². The Morgan fingerprint density at radius 2 is 2.14 bits per heavy atom. The molecule has 2 aromatic heterocycles. The molecule has 4 heteroatoms. The lowest BCUT2D eigenvalue weighted by Gasteiger charge is -2.03. The lowest BCUT2D eigenvalue weighted by molar-refractivity contribution is 0.654. The van der Waals surface area contributed by atoms with Gasteiger partial charge in [-0.1, -0.05) is 57.5 Å². The molecule has 0 aliphatic carbocycles. The molecule has 2 aromatic rings. The van der Waals surface area contributed by atoms with Gasteiger partial charge in [0.15, 0.2) is 4.47 Å². The molecule has 0 saturated carbocycles. The number of aromatic nitrogens is 1. The van der Waals surface area contributed by atoms with Gasteiger partial charge >= 0.3 is 0 Å². The Balaban J connectivity index is 2.33. The monoisotopic (exact) mass is 351 g/mol. The van der Waals surface area contributed by atoms with Crippen LogP contribution in [0.5, 0.6) is 0 Å². The van der Waals surface area contributed by atoms with Crippen molar-refractivity contribution >= 4 is 39.8 Å². The van der Waals surface area contributed by atoms with Gasteiger partial charge in [0.2, 0.25) is 0 Å². The van der Waals surface area contributed by atoms with E-state index in [0.29, 0.717) is 10.4 Å². The summed E-state index contributed by atoms with van der Waals surface area (Å²) in [5, 5.41) is 0. The molecule has 118 valence electrons. The summed E-state index contributed by atoms with van der Waals surface area (Å²) in [6, 6.07) is 4.31. The summed E-state index contributed by atoms with van der Waals surface area (Å²) < 4.78 is 0.631. The lowest BCUT2D eigenvalue weighted by Crippen LogP contribution is -1.92. The van der Waals surface area contributed by atoms with Crippen LogP contribution in [0.1, 0.15) is 43.4 Å². The second-order valence-electron chi connectivity index (χ2n) is 5.65. The van der Waals surface area contributed by atoms with Gasteiger partial charge in [-0.05, 0) is 36.5 Å². The summed E-state index contributed by atoms with van der Waals surface area (Å²) in [6.45, 7) is 10.6. The highest BCUT2D eigenvalue weighted by atomic mass is 35.5. The van der Waals surface area contributed by atoms with Crippen molar-refractivity contribution in [2.45, 2.75) is 40.0 Å². The molecule has 2 heterocycles. The zero-order valence-electron chi connectivity index (χ0n) is 13.4. The van der Waals surface area contributed by atoms with Crippen molar-refractivity contribution in [3.63, 3.8) is 0 Å². The molecule has 0 fully saturated rings. The van der Waals surface area contributed by atoms with Crippen LogP contribution < -0.4 is 0 Å². The number of unbranched alkanes of at least 4 members (excludes halogenated alkanes) is 1. The van der Waals surface area contributed by atoms with Crippen molar-refractivity contribution < 1.29 is 0 Å². The first-order valence-electron chi connectivity index (χ1n) is 7.63. The fraction of sp³-hybridized carbons (Fsp3) is 0.389. The van der Waals surface area contributed by atoms with Gasteiger partial charge in [-0.3, -0.25) is 0 Å². The van der Waals surface area contributed by atoms with Crippen molar-refractivity contribution in [3.05, 3.63) is 45.1 Å². The zero-order chi connectivity index (χ0) is 16.1. The number of halogens is 1. The second-order valence-corrected chi connectivity index (χ2v) is 8.40. The molecule has 0 aliphatic rings. The zero-order valence-corrected chi connectivity index (χ0v) is 15.7. The van der Waals surface area contributed by atoms with Gasteiger partial charge in [0.05, 0.1) is 10.6 Å². The Bertz CT molecular complexity index is 664. The van der Waals surface area contributed by atoms with Crippen LogP contribution in [-0.2, 0) is 6.42 Å². The molecule has 0 amide bonds. The summed E-state index contributed by atoms with van der Waals surface area (Å²) in [7, 11) is 0. The van der Waals surface area contributed by atoms with Gasteiger partial charge in [0.1, 0.15) is 0 Å². The summed E-state index contributed by atoms with van der Waals surface area (Å²) in [5.74, 6) is 0.600. The van der Waals surface area contributed by atoms with Gasteiger partial charge in [0.25, 0.3) is 0 Å². The van der Waals surface area contributed by atoms with E-state index in [1.54, 1.807) is 22.7 Å². The Morgan fingerprint density at radius 3 is 2.77 bits per heavy atom. The number of rotatable bonds is 7. The maximum absolute atomic E-state index is 6.15. The quantitative estimate of drug-likeness (QED) is 0.485. The van der Waals surface area contributed by atoms with E-state index in [9.17, 15) is 0 Å². The number of hydrogen-bond donors (Lipinski definition) is 0. The highest BCUT2D eigenvalue weighted by Gasteiger charge is 2.15. The first-order valence-corrected chi connectivity index (χ1v) is 9.64. The molecule has 2 rings (SSSR count). The van der Waals surface area contributed by atoms with Gasteiger partial charge in [-0.2, -0.15) is 0 Å². The van der Waals surface area contributed by atoms with Crippen LogP contribution in [0.4, 0.5) is 0 Å². The van der Waals surface area contributed by atoms with Crippen LogP contribution in [0.3, 0.4) is 0 Å². The van der Waals surface area contributed by atoms with Crippen LogP contribution in [0.15, 0.2) is 30.9 Å². The van der Waals surface area contributed by atoms with E-state index in [1.165, 1.54) is 20.2 Å². The van der Waals surface area contributed by atoms with E-state index in [1.807, 2.05) is 6.08 Å². The number of hydrogen-bond acceptors (Lipinski definition) is 3. The molecule has 0 aromatic carbocycles. The summed E-state index contributed by atoms with van der Waals surface area (Å²) >= 11 is 9.52. The molecule has 0 spiro atoms. The normalized spacial score (nSPS) is 12.1. The Labute approximate surface area is 146 Å². The first-order chi connectivity index (χ1) is 10.5. The molecular weight excluding hydrogens is 330 g/mol. The smallest absolute Gasteiger partial charge is 0.184 e. The van der Waals surface area contributed by atoms with E-state index >= 15 is 0 Å². The molecule has 0 unspecified atom stereocenters. The van der Waals surface area contributed by atoms with Crippen molar-refractivity contribution in [1.29, 1.82) is 0 Å². The maximum Gasteiger partial charge on any atom is 0.184 e.